The highest BCUT2D eigenvalue weighted by Crippen LogP contribution is 2.24. The Hall–Kier alpha value is -3.10. The van der Waals surface area contributed by atoms with Gasteiger partial charge in [0, 0.05) is 23.8 Å². The Morgan fingerprint density at radius 1 is 1.09 bits per heavy atom. The number of aryl methyl sites for hydroxylation is 1. The molecule has 2 aromatic carbocycles. The first-order valence-electron chi connectivity index (χ1n) is 11.4. The number of rotatable bonds is 8. The number of benzene rings is 2. The number of likely N-dealkylation sites (tertiary alicyclic amines) is 1. The number of nitrogens with two attached hydrogens (primary N) is 1. The second-order valence-electron chi connectivity index (χ2n) is 8.43. The predicted molar refractivity (Wildman–Crippen MR) is 132 cm³/mol. The molecule has 1 aliphatic heterocycles. The molecule has 0 bridgehead atoms. The van der Waals surface area contributed by atoms with Gasteiger partial charge < -0.3 is 20.7 Å². The number of nitrogens with one attached hydrogen (secondary N) is 2. The molecular formula is C25H31ClN4O4. The summed E-state index contributed by atoms with van der Waals surface area (Å²) in [7, 11) is 0. The quantitative estimate of drug-likeness (QED) is 0.530. The lowest BCUT2D eigenvalue weighted by Crippen LogP contribution is -2.59. The molecule has 9 heteroatoms. The van der Waals surface area contributed by atoms with Crippen molar-refractivity contribution < 1.29 is 19.1 Å². The average Bonchev–Trinajstić information content (AvgIpc) is 2.85. The summed E-state index contributed by atoms with van der Waals surface area (Å²) in [4.78, 5) is 39.0. The molecule has 0 aliphatic carbocycles. The summed E-state index contributed by atoms with van der Waals surface area (Å²) < 4.78 is 5.52. The minimum atomic E-state index is -0.798. The number of ether oxygens (including phenoxy) is 1. The van der Waals surface area contributed by atoms with E-state index in [0.717, 1.165) is 12.0 Å². The molecule has 1 aliphatic rings. The van der Waals surface area contributed by atoms with Crippen molar-refractivity contribution in [2.24, 2.45) is 5.73 Å². The highest BCUT2D eigenvalue weighted by atomic mass is 35.5. The number of piperidine rings is 1. The zero-order valence-corrected chi connectivity index (χ0v) is 20.1. The fourth-order valence-corrected chi connectivity index (χ4v) is 4.16. The molecule has 1 saturated heterocycles. The van der Waals surface area contributed by atoms with E-state index in [1.165, 1.54) is 0 Å². The van der Waals surface area contributed by atoms with Crippen LogP contribution in [0.2, 0.25) is 5.02 Å². The first-order chi connectivity index (χ1) is 16.3. The van der Waals surface area contributed by atoms with Gasteiger partial charge in [-0.25, -0.2) is 4.79 Å². The molecule has 1 heterocycles. The maximum absolute atomic E-state index is 12.9. The van der Waals surface area contributed by atoms with Gasteiger partial charge in [0.2, 0.25) is 11.8 Å². The van der Waals surface area contributed by atoms with Crippen LogP contribution in [0.5, 0.6) is 0 Å². The zero-order chi connectivity index (χ0) is 24.6. The summed E-state index contributed by atoms with van der Waals surface area (Å²) in [5.41, 5.74) is 7.19. The summed E-state index contributed by atoms with van der Waals surface area (Å²) in [6, 6.07) is 14.7. The number of carbonyl (C=O) groups is 3. The van der Waals surface area contributed by atoms with Crippen LogP contribution in [0, 0.1) is 0 Å². The topological polar surface area (TPSA) is 114 Å². The Balaban J connectivity index is 1.65. The molecule has 0 spiro atoms. The Kier molecular flexibility index (Phi) is 8.90. The molecule has 2 aromatic rings. The van der Waals surface area contributed by atoms with E-state index < -0.39 is 11.6 Å². The molecule has 0 unspecified atom stereocenters. The van der Waals surface area contributed by atoms with Crippen molar-refractivity contribution in [2.75, 3.05) is 31.6 Å². The first-order valence-corrected chi connectivity index (χ1v) is 11.8. The summed E-state index contributed by atoms with van der Waals surface area (Å²) in [6.45, 7) is 2.78. The SMILES string of the molecule is CCc1ccc(NC(=O)OCC2(NC(=O)Cc3ccccc3Cl)CCN(C(=O)CN)CC2)cc1. The lowest BCUT2D eigenvalue weighted by molar-refractivity contribution is -0.132. The van der Waals surface area contributed by atoms with Gasteiger partial charge in [-0.3, -0.25) is 14.9 Å². The zero-order valence-electron chi connectivity index (χ0n) is 19.3. The van der Waals surface area contributed by atoms with Crippen molar-refractivity contribution in [1.29, 1.82) is 0 Å². The molecule has 34 heavy (non-hydrogen) atoms. The first kappa shape index (κ1) is 25.5. The Labute approximate surface area is 204 Å². The molecule has 0 aromatic heterocycles. The lowest BCUT2D eigenvalue weighted by atomic mass is 9.87. The third kappa shape index (κ3) is 6.95. The van der Waals surface area contributed by atoms with Crippen LogP contribution in [0.4, 0.5) is 10.5 Å². The molecule has 182 valence electrons. The number of halogens is 1. The maximum Gasteiger partial charge on any atom is 0.411 e. The second kappa shape index (κ2) is 11.9. The fourth-order valence-electron chi connectivity index (χ4n) is 3.95. The Morgan fingerprint density at radius 3 is 2.38 bits per heavy atom. The normalized spacial score (nSPS) is 14.9. The van der Waals surface area contributed by atoms with Crippen LogP contribution in [0.25, 0.3) is 0 Å². The van der Waals surface area contributed by atoms with Gasteiger partial charge in [-0.05, 0) is 48.6 Å². The van der Waals surface area contributed by atoms with Gasteiger partial charge in [-0.2, -0.15) is 0 Å². The smallest absolute Gasteiger partial charge is 0.411 e. The second-order valence-corrected chi connectivity index (χ2v) is 8.84. The minimum absolute atomic E-state index is 0.0230. The van der Waals surface area contributed by atoms with Crippen molar-refractivity contribution >= 4 is 35.2 Å². The molecule has 3 rings (SSSR count). The largest absolute Gasteiger partial charge is 0.447 e. The highest BCUT2D eigenvalue weighted by Gasteiger charge is 2.38. The van der Waals surface area contributed by atoms with E-state index in [0.29, 0.717) is 42.2 Å². The van der Waals surface area contributed by atoms with Crippen LogP contribution in [0.3, 0.4) is 0 Å². The molecule has 0 atom stereocenters. The Bertz CT molecular complexity index is 1000. The van der Waals surface area contributed by atoms with Crippen molar-refractivity contribution in [3.8, 4) is 0 Å². The van der Waals surface area contributed by atoms with Crippen molar-refractivity contribution in [3.63, 3.8) is 0 Å². The molecule has 0 radical (unpaired) electrons. The summed E-state index contributed by atoms with van der Waals surface area (Å²) >= 11 is 6.20. The van der Waals surface area contributed by atoms with E-state index in [1.807, 2.05) is 30.3 Å². The van der Waals surface area contributed by atoms with Crippen LogP contribution < -0.4 is 16.4 Å². The van der Waals surface area contributed by atoms with Crippen LogP contribution >= 0.6 is 11.6 Å². The van der Waals surface area contributed by atoms with E-state index in [2.05, 4.69) is 17.6 Å². The van der Waals surface area contributed by atoms with Gasteiger partial charge in [0.1, 0.15) is 6.61 Å². The standard InChI is InChI=1S/C25H31ClN4O4/c1-2-18-7-9-20(10-8-18)28-24(33)34-17-25(11-13-30(14-12-25)23(32)16-27)29-22(31)15-19-5-3-4-6-21(19)26/h3-10H,2,11-17,27H2,1H3,(H,28,33)(H,29,31). The summed E-state index contributed by atoms with van der Waals surface area (Å²) in [5, 5.41) is 6.28. The van der Waals surface area contributed by atoms with Crippen LogP contribution in [0.1, 0.15) is 30.9 Å². The van der Waals surface area contributed by atoms with Gasteiger partial charge in [0.05, 0.1) is 18.5 Å². The van der Waals surface area contributed by atoms with Crippen LogP contribution in [-0.4, -0.2) is 54.6 Å². The molecule has 3 amide bonds. The third-order valence-electron chi connectivity index (χ3n) is 6.05. The van der Waals surface area contributed by atoms with E-state index in [9.17, 15) is 14.4 Å². The molecular weight excluding hydrogens is 456 g/mol. The van der Waals surface area contributed by atoms with Crippen LogP contribution in [-0.2, 0) is 27.2 Å². The summed E-state index contributed by atoms with van der Waals surface area (Å²) in [6.07, 6.45) is 1.27. The number of hydrogen-bond acceptors (Lipinski definition) is 5. The van der Waals surface area contributed by atoms with E-state index in [1.54, 1.807) is 23.1 Å². The fraction of sp³-hybridized carbons (Fsp3) is 0.400. The van der Waals surface area contributed by atoms with E-state index in [-0.39, 0.29) is 31.4 Å². The van der Waals surface area contributed by atoms with E-state index >= 15 is 0 Å². The van der Waals surface area contributed by atoms with Gasteiger partial charge in [0.25, 0.3) is 0 Å². The predicted octanol–water partition coefficient (Wildman–Crippen LogP) is 3.13. The monoisotopic (exact) mass is 486 g/mol. The number of anilines is 1. The average molecular weight is 487 g/mol. The molecule has 0 saturated carbocycles. The van der Waals surface area contributed by atoms with Gasteiger partial charge >= 0.3 is 6.09 Å². The van der Waals surface area contributed by atoms with E-state index in [4.69, 9.17) is 22.1 Å². The minimum Gasteiger partial charge on any atom is -0.447 e. The number of amides is 3. The Morgan fingerprint density at radius 2 is 1.76 bits per heavy atom. The van der Waals surface area contributed by atoms with Gasteiger partial charge in [-0.1, -0.05) is 48.9 Å². The van der Waals surface area contributed by atoms with Crippen molar-refractivity contribution in [2.45, 2.75) is 38.1 Å². The molecule has 8 nitrogen and oxygen atoms in total. The molecule has 4 N–H and O–H groups in total. The number of hydrogen-bond donors (Lipinski definition) is 3. The number of nitrogens with zero attached hydrogens (tertiary/aromatic N) is 1. The van der Waals surface area contributed by atoms with Gasteiger partial charge in [0.15, 0.2) is 0 Å². The highest BCUT2D eigenvalue weighted by molar-refractivity contribution is 6.31. The number of carbonyl (C=O) groups excluding carboxylic acids is 3. The third-order valence-corrected chi connectivity index (χ3v) is 6.42. The molecule has 1 fully saturated rings. The maximum atomic E-state index is 12.9. The van der Waals surface area contributed by atoms with Crippen molar-refractivity contribution in [3.05, 3.63) is 64.7 Å². The van der Waals surface area contributed by atoms with Crippen LogP contribution in [0.15, 0.2) is 48.5 Å². The van der Waals surface area contributed by atoms with Gasteiger partial charge in [-0.15, -0.1) is 0 Å². The van der Waals surface area contributed by atoms with Crippen molar-refractivity contribution in [1.82, 2.24) is 10.2 Å². The lowest BCUT2D eigenvalue weighted by Gasteiger charge is -2.41. The summed E-state index contributed by atoms with van der Waals surface area (Å²) in [5.74, 6) is -0.379.